The number of nitrogens with zero attached hydrogens (tertiary/aromatic N) is 1. The van der Waals surface area contributed by atoms with E-state index in [0.29, 0.717) is 23.0 Å². The lowest BCUT2D eigenvalue weighted by atomic mass is 9.95. The highest BCUT2D eigenvalue weighted by Gasteiger charge is 2.29. The van der Waals surface area contributed by atoms with Crippen LogP contribution in [-0.2, 0) is 6.42 Å². The van der Waals surface area contributed by atoms with Crippen LogP contribution >= 0.6 is 0 Å². The van der Waals surface area contributed by atoms with Crippen molar-refractivity contribution in [1.29, 1.82) is 0 Å². The minimum absolute atomic E-state index is 0.0777. The highest BCUT2D eigenvalue weighted by molar-refractivity contribution is 5.82. The van der Waals surface area contributed by atoms with Crippen molar-refractivity contribution in [3.63, 3.8) is 0 Å². The Labute approximate surface area is 165 Å². The summed E-state index contributed by atoms with van der Waals surface area (Å²) in [6.45, 7) is 0. The van der Waals surface area contributed by atoms with E-state index in [1.165, 1.54) is 7.11 Å². The molecule has 0 spiro atoms. The van der Waals surface area contributed by atoms with Crippen molar-refractivity contribution in [2.75, 3.05) is 42.5 Å². The Morgan fingerprint density at radius 1 is 0.893 bits per heavy atom. The van der Waals surface area contributed by atoms with Crippen molar-refractivity contribution in [1.82, 2.24) is 4.90 Å². The first-order chi connectivity index (χ1) is 13.5. The van der Waals surface area contributed by atoms with E-state index in [-0.39, 0.29) is 11.5 Å². The summed E-state index contributed by atoms with van der Waals surface area (Å²) in [5.74, 6) is 2.09. The second-order valence-corrected chi connectivity index (χ2v) is 6.98. The molecule has 0 radical (unpaired) electrons. The van der Waals surface area contributed by atoms with E-state index in [0.717, 1.165) is 35.1 Å². The molecule has 0 fully saturated rings. The van der Waals surface area contributed by atoms with Crippen molar-refractivity contribution >= 4 is 0 Å². The summed E-state index contributed by atoms with van der Waals surface area (Å²) in [5.41, 5.74) is 3.76. The largest absolute Gasteiger partial charge is 0.493 e. The van der Waals surface area contributed by atoms with Crippen LogP contribution in [0.5, 0.6) is 23.0 Å². The number of fused-ring (bicyclic) bond motifs is 3. The van der Waals surface area contributed by atoms with Crippen LogP contribution in [0.15, 0.2) is 29.1 Å². The average molecular weight is 385 g/mol. The van der Waals surface area contributed by atoms with Crippen LogP contribution in [0.2, 0.25) is 0 Å². The average Bonchev–Trinajstić information content (AvgIpc) is 2.93. The Kier molecular flexibility index (Phi) is 5.79. The van der Waals surface area contributed by atoms with Crippen molar-refractivity contribution in [3.8, 4) is 34.1 Å². The number of hydrogen-bond donors (Lipinski definition) is 0. The van der Waals surface area contributed by atoms with Gasteiger partial charge >= 0.3 is 0 Å². The van der Waals surface area contributed by atoms with Gasteiger partial charge in [-0.3, -0.25) is 4.79 Å². The molecule has 0 bridgehead atoms. The number of rotatable bonds is 5. The Hall–Kier alpha value is -2.73. The molecule has 6 heteroatoms. The van der Waals surface area contributed by atoms with Gasteiger partial charge in [0.1, 0.15) is 0 Å². The van der Waals surface area contributed by atoms with Gasteiger partial charge in [0, 0.05) is 11.6 Å². The van der Waals surface area contributed by atoms with Gasteiger partial charge in [0.05, 0.1) is 28.4 Å². The highest BCUT2D eigenvalue weighted by atomic mass is 16.5. The Morgan fingerprint density at radius 3 is 2.14 bits per heavy atom. The van der Waals surface area contributed by atoms with Gasteiger partial charge in [-0.25, -0.2) is 0 Å². The number of benzene rings is 1. The van der Waals surface area contributed by atoms with E-state index in [1.54, 1.807) is 33.5 Å². The molecule has 150 valence electrons. The smallest absolute Gasteiger partial charge is 0.220 e. The van der Waals surface area contributed by atoms with E-state index < -0.39 is 0 Å². The second-order valence-electron chi connectivity index (χ2n) is 6.98. The molecule has 1 atom stereocenters. The summed E-state index contributed by atoms with van der Waals surface area (Å²) >= 11 is 0. The SMILES string of the molecule is COc1cc2c(c(OC)c1OC)-c1ccc(OC)c(=O)cc1[C@@H](N(C)C)CC2. The predicted octanol–water partition coefficient (Wildman–Crippen LogP) is 3.30. The monoisotopic (exact) mass is 385 g/mol. The zero-order valence-electron chi connectivity index (χ0n) is 17.3. The first-order valence-electron chi connectivity index (χ1n) is 9.17. The standard InChI is InChI=1S/C22H27NO5/c1-23(2)16-9-7-13-11-19(26-4)21(27-5)22(28-6)20(13)14-8-10-18(25-3)17(24)12-15(14)16/h8,10-12,16H,7,9H2,1-6H3/t16-/m0/s1. The number of ether oxygens (including phenoxy) is 4. The molecule has 28 heavy (non-hydrogen) atoms. The van der Waals surface area contributed by atoms with Crippen LogP contribution in [-0.4, -0.2) is 47.4 Å². The van der Waals surface area contributed by atoms with E-state index in [2.05, 4.69) is 4.90 Å². The summed E-state index contributed by atoms with van der Waals surface area (Å²) in [5, 5.41) is 0. The third-order valence-electron chi connectivity index (χ3n) is 5.31. The molecule has 2 aromatic carbocycles. The maximum atomic E-state index is 12.7. The zero-order valence-corrected chi connectivity index (χ0v) is 17.3. The fourth-order valence-corrected chi connectivity index (χ4v) is 3.98. The molecule has 1 aliphatic carbocycles. The van der Waals surface area contributed by atoms with Crippen LogP contribution in [0.1, 0.15) is 23.6 Å². The molecule has 0 amide bonds. The molecule has 6 nitrogen and oxygen atoms in total. The van der Waals surface area contributed by atoms with Crippen LogP contribution in [0, 0.1) is 0 Å². The Bertz CT molecular complexity index is 939. The van der Waals surface area contributed by atoms with Crippen LogP contribution in [0.25, 0.3) is 11.1 Å². The maximum absolute atomic E-state index is 12.7. The molecule has 1 aliphatic rings. The van der Waals surface area contributed by atoms with Crippen LogP contribution < -0.4 is 24.4 Å². The van der Waals surface area contributed by atoms with E-state index >= 15 is 0 Å². The van der Waals surface area contributed by atoms with E-state index in [1.807, 2.05) is 26.2 Å². The molecule has 0 aromatic heterocycles. The summed E-state index contributed by atoms with van der Waals surface area (Å²) < 4.78 is 22.2. The molecular weight excluding hydrogens is 358 g/mol. The van der Waals surface area contributed by atoms with Crippen molar-refractivity contribution in [3.05, 3.63) is 45.6 Å². The third-order valence-corrected chi connectivity index (χ3v) is 5.31. The van der Waals surface area contributed by atoms with Crippen molar-refractivity contribution < 1.29 is 18.9 Å². The lowest BCUT2D eigenvalue weighted by Gasteiger charge is -2.24. The van der Waals surface area contributed by atoms with Crippen molar-refractivity contribution in [2.24, 2.45) is 0 Å². The van der Waals surface area contributed by atoms with Gasteiger partial charge in [0.2, 0.25) is 11.2 Å². The van der Waals surface area contributed by atoms with Crippen LogP contribution in [0.3, 0.4) is 0 Å². The number of methoxy groups -OCH3 is 4. The van der Waals surface area contributed by atoms with Gasteiger partial charge in [0.25, 0.3) is 0 Å². The molecular formula is C22H27NO5. The Balaban J connectivity index is 2.45. The normalized spacial score (nSPS) is 15.3. The number of aryl methyl sites for hydroxylation is 1. The van der Waals surface area contributed by atoms with Crippen LogP contribution in [0.4, 0.5) is 0 Å². The lowest BCUT2D eigenvalue weighted by molar-refractivity contribution is 0.286. The topological polar surface area (TPSA) is 57.2 Å². The molecule has 0 N–H and O–H groups in total. The van der Waals surface area contributed by atoms with Gasteiger partial charge < -0.3 is 23.8 Å². The summed E-state index contributed by atoms with van der Waals surface area (Å²) in [6.07, 6.45) is 1.68. The molecule has 2 aromatic rings. The summed E-state index contributed by atoms with van der Waals surface area (Å²) in [7, 11) is 10.4. The van der Waals surface area contributed by atoms with Gasteiger partial charge in [-0.05, 0) is 61.8 Å². The molecule has 0 unspecified atom stereocenters. The summed E-state index contributed by atoms with van der Waals surface area (Å²) in [4.78, 5) is 14.8. The molecule has 0 heterocycles. The molecule has 3 rings (SSSR count). The van der Waals surface area contributed by atoms with Gasteiger partial charge in [-0.1, -0.05) is 6.07 Å². The van der Waals surface area contributed by atoms with Gasteiger partial charge in [0.15, 0.2) is 17.2 Å². The fraction of sp³-hybridized carbons (Fsp3) is 0.409. The maximum Gasteiger partial charge on any atom is 0.220 e. The van der Waals surface area contributed by atoms with Gasteiger partial charge in [-0.15, -0.1) is 0 Å². The van der Waals surface area contributed by atoms with E-state index in [9.17, 15) is 4.79 Å². The first-order valence-corrected chi connectivity index (χ1v) is 9.17. The molecule has 0 saturated heterocycles. The fourth-order valence-electron chi connectivity index (χ4n) is 3.98. The minimum Gasteiger partial charge on any atom is -0.493 e. The molecule has 0 saturated carbocycles. The van der Waals surface area contributed by atoms with Crippen molar-refractivity contribution in [2.45, 2.75) is 18.9 Å². The highest BCUT2D eigenvalue weighted by Crippen LogP contribution is 2.50. The van der Waals surface area contributed by atoms with Gasteiger partial charge in [-0.2, -0.15) is 0 Å². The Morgan fingerprint density at radius 2 is 1.57 bits per heavy atom. The lowest BCUT2D eigenvalue weighted by Crippen LogP contribution is -2.20. The minimum atomic E-state index is -0.140. The number of hydrogen-bond acceptors (Lipinski definition) is 6. The second kappa shape index (κ2) is 8.10. The third kappa shape index (κ3) is 3.29. The molecule has 0 aliphatic heterocycles. The predicted molar refractivity (Wildman–Crippen MR) is 109 cm³/mol. The zero-order chi connectivity index (χ0) is 20.4. The quantitative estimate of drug-likeness (QED) is 0.787. The first kappa shape index (κ1) is 20.0. The van der Waals surface area contributed by atoms with E-state index in [4.69, 9.17) is 18.9 Å². The summed E-state index contributed by atoms with van der Waals surface area (Å²) in [6, 6.07) is 7.42.